The van der Waals surface area contributed by atoms with Gasteiger partial charge < -0.3 is 11.1 Å². The number of thiazole rings is 1. The molecule has 3 aromatic rings. The molecule has 0 fully saturated rings. The number of amides is 1. The topological polar surface area (TPSA) is 96.7 Å². The molecule has 0 atom stereocenters. The van der Waals surface area contributed by atoms with Gasteiger partial charge in [0.15, 0.2) is 5.13 Å². The molecule has 7 heteroatoms. The zero-order valence-corrected chi connectivity index (χ0v) is 9.99. The summed E-state index contributed by atoms with van der Waals surface area (Å²) in [5, 5.41) is 9.62. The fraction of sp³-hybridized carbons (Fsp3) is 0. The Hall–Kier alpha value is -2.41. The largest absolute Gasteiger partial charge is 0.375 e. The number of nitrogens with two attached hydrogens (primary N) is 1. The van der Waals surface area contributed by atoms with Crippen LogP contribution in [0.5, 0.6) is 0 Å². The van der Waals surface area contributed by atoms with E-state index in [0.717, 1.165) is 10.2 Å². The summed E-state index contributed by atoms with van der Waals surface area (Å²) in [6.07, 6.45) is 3.15. The number of nitrogens with zero attached hydrogens (tertiary/aromatic N) is 2. The summed E-state index contributed by atoms with van der Waals surface area (Å²) >= 11 is 1.36. The minimum Gasteiger partial charge on any atom is -0.375 e. The first-order chi connectivity index (χ1) is 8.72. The number of carbonyl (C=O) groups is 1. The number of nitrogen functional groups attached to an aromatic ring is 1. The van der Waals surface area contributed by atoms with Crippen LogP contribution in [-0.4, -0.2) is 21.1 Å². The lowest BCUT2D eigenvalue weighted by Gasteiger charge is -2.01. The van der Waals surface area contributed by atoms with Crippen LogP contribution in [0, 0.1) is 0 Å². The van der Waals surface area contributed by atoms with Crippen molar-refractivity contribution in [3.63, 3.8) is 0 Å². The van der Waals surface area contributed by atoms with Gasteiger partial charge in [0.05, 0.1) is 22.1 Å². The van der Waals surface area contributed by atoms with Crippen molar-refractivity contribution in [2.24, 2.45) is 0 Å². The SMILES string of the molecule is Nc1nc2ccc(C(=O)Nc3cn[nH]c3)cc2s1. The molecule has 90 valence electrons. The number of hydrogen-bond acceptors (Lipinski definition) is 5. The predicted octanol–water partition coefficient (Wildman–Crippen LogP) is 1.85. The predicted molar refractivity (Wildman–Crippen MR) is 70.6 cm³/mol. The van der Waals surface area contributed by atoms with Gasteiger partial charge in [0.2, 0.25) is 0 Å². The molecule has 0 saturated carbocycles. The molecule has 0 spiro atoms. The van der Waals surface area contributed by atoms with Gasteiger partial charge in [-0.3, -0.25) is 9.89 Å². The van der Waals surface area contributed by atoms with Gasteiger partial charge >= 0.3 is 0 Å². The van der Waals surface area contributed by atoms with Crippen molar-refractivity contribution in [1.82, 2.24) is 15.2 Å². The van der Waals surface area contributed by atoms with E-state index in [1.807, 2.05) is 0 Å². The Morgan fingerprint density at radius 2 is 2.33 bits per heavy atom. The van der Waals surface area contributed by atoms with Gasteiger partial charge in [-0.1, -0.05) is 11.3 Å². The number of hydrogen-bond donors (Lipinski definition) is 3. The number of carbonyl (C=O) groups excluding carboxylic acids is 1. The number of anilines is 2. The van der Waals surface area contributed by atoms with Gasteiger partial charge in [-0.15, -0.1) is 0 Å². The minimum absolute atomic E-state index is 0.190. The van der Waals surface area contributed by atoms with E-state index in [2.05, 4.69) is 20.5 Å². The van der Waals surface area contributed by atoms with Crippen LogP contribution in [0.1, 0.15) is 10.4 Å². The molecule has 1 amide bonds. The van der Waals surface area contributed by atoms with Gasteiger partial charge in [0.25, 0.3) is 5.91 Å². The molecule has 4 N–H and O–H groups in total. The smallest absolute Gasteiger partial charge is 0.255 e. The Labute approximate surface area is 106 Å². The number of aromatic nitrogens is 3. The van der Waals surface area contributed by atoms with Crippen LogP contribution in [0.4, 0.5) is 10.8 Å². The molecule has 1 aromatic carbocycles. The lowest BCUT2D eigenvalue weighted by atomic mass is 10.2. The Balaban J connectivity index is 1.91. The van der Waals surface area contributed by atoms with E-state index in [1.54, 1.807) is 30.6 Å². The third-order valence-corrected chi connectivity index (χ3v) is 3.27. The first-order valence-electron chi connectivity index (χ1n) is 5.18. The molecule has 6 nitrogen and oxygen atoms in total. The summed E-state index contributed by atoms with van der Waals surface area (Å²) in [4.78, 5) is 16.1. The maximum Gasteiger partial charge on any atom is 0.255 e. The van der Waals surface area contributed by atoms with Crippen molar-refractivity contribution in [2.75, 3.05) is 11.1 Å². The molecule has 0 bridgehead atoms. The highest BCUT2D eigenvalue weighted by Crippen LogP contribution is 2.24. The zero-order chi connectivity index (χ0) is 12.5. The quantitative estimate of drug-likeness (QED) is 0.654. The normalized spacial score (nSPS) is 10.7. The van der Waals surface area contributed by atoms with Gasteiger partial charge in [0.1, 0.15) is 0 Å². The number of aromatic amines is 1. The number of H-pyrrole nitrogens is 1. The van der Waals surface area contributed by atoms with Crippen LogP contribution in [-0.2, 0) is 0 Å². The summed E-state index contributed by atoms with van der Waals surface area (Å²) in [7, 11) is 0. The molecule has 2 heterocycles. The molecule has 0 saturated heterocycles. The lowest BCUT2D eigenvalue weighted by molar-refractivity contribution is 0.102. The van der Waals surface area contributed by atoms with Gasteiger partial charge in [0, 0.05) is 11.8 Å². The second-order valence-electron chi connectivity index (χ2n) is 3.68. The molecular formula is C11H9N5OS. The molecule has 0 unspecified atom stereocenters. The van der Waals surface area contributed by atoms with Crippen LogP contribution in [0.3, 0.4) is 0 Å². The fourth-order valence-electron chi connectivity index (χ4n) is 1.61. The second-order valence-corrected chi connectivity index (χ2v) is 4.74. The Morgan fingerprint density at radius 3 is 3.11 bits per heavy atom. The monoisotopic (exact) mass is 259 g/mol. The van der Waals surface area contributed by atoms with E-state index in [-0.39, 0.29) is 5.91 Å². The number of rotatable bonds is 2. The Kier molecular flexibility index (Phi) is 2.45. The van der Waals surface area contributed by atoms with Crippen molar-refractivity contribution in [2.45, 2.75) is 0 Å². The Morgan fingerprint density at radius 1 is 1.44 bits per heavy atom. The number of benzene rings is 1. The van der Waals surface area contributed by atoms with E-state index in [1.165, 1.54) is 11.3 Å². The van der Waals surface area contributed by atoms with Crippen LogP contribution in [0.25, 0.3) is 10.2 Å². The fourth-order valence-corrected chi connectivity index (χ4v) is 2.38. The summed E-state index contributed by atoms with van der Waals surface area (Å²) in [5.41, 5.74) is 7.61. The third-order valence-electron chi connectivity index (χ3n) is 2.42. The Bertz CT molecular complexity index is 703. The molecule has 18 heavy (non-hydrogen) atoms. The number of nitrogens with one attached hydrogen (secondary N) is 2. The van der Waals surface area contributed by atoms with E-state index < -0.39 is 0 Å². The summed E-state index contributed by atoms with van der Waals surface area (Å²) in [5.74, 6) is -0.190. The molecule has 0 aliphatic heterocycles. The lowest BCUT2D eigenvalue weighted by Crippen LogP contribution is -2.10. The maximum absolute atomic E-state index is 12.0. The second kappa shape index (κ2) is 4.11. The van der Waals surface area contributed by atoms with Crippen molar-refractivity contribution >= 4 is 38.3 Å². The highest BCUT2D eigenvalue weighted by atomic mass is 32.1. The molecule has 0 aliphatic carbocycles. The third kappa shape index (κ3) is 1.91. The summed E-state index contributed by atoms with van der Waals surface area (Å²) in [6, 6.07) is 5.28. The highest BCUT2D eigenvalue weighted by Gasteiger charge is 2.09. The maximum atomic E-state index is 12.0. The summed E-state index contributed by atoms with van der Waals surface area (Å²) < 4.78 is 0.896. The molecule has 0 radical (unpaired) electrons. The first kappa shape index (κ1) is 10.7. The highest BCUT2D eigenvalue weighted by molar-refractivity contribution is 7.22. The van der Waals surface area contributed by atoms with Crippen LogP contribution < -0.4 is 11.1 Å². The van der Waals surface area contributed by atoms with Crippen LogP contribution in [0.15, 0.2) is 30.6 Å². The van der Waals surface area contributed by atoms with Crippen LogP contribution >= 0.6 is 11.3 Å². The molecular weight excluding hydrogens is 250 g/mol. The standard InChI is InChI=1S/C11H9N5OS/c12-11-16-8-2-1-6(3-9(8)18-11)10(17)15-7-4-13-14-5-7/h1-5H,(H2,12,16)(H,13,14)(H,15,17). The van der Waals surface area contributed by atoms with E-state index in [4.69, 9.17) is 5.73 Å². The minimum atomic E-state index is -0.190. The zero-order valence-electron chi connectivity index (χ0n) is 9.18. The molecule has 3 rings (SSSR count). The van der Waals surface area contributed by atoms with E-state index in [0.29, 0.717) is 16.4 Å². The van der Waals surface area contributed by atoms with Gasteiger partial charge in [-0.2, -0.15) is 5.10 Å². The average Bonchev–Trinajstić information content (AvgIpc) is 2.95. The number of fused-ring (bicyclic) bond motifs is 1. The van der Waals surface area contributed by atoms with Gasteiger partial charge in [-0.25, -0.2) is 4.98 Å². The van der Waals surface area contributed by atoms with Crippen molar-refractivity contribution in [1.29, 1.82) is 0 Å². The van der Waals surface area contributed by atoms with E-state index in [9.17, 15) is 4.79 Å². The van der Waals surface area contributed by atoms with E-state index >= 15 is 0 Å². The molecule has 2 aromatic heterocycles. The van der Waals surface area contributed by atoms with Crippen molar-refractivity contribution < 1.29 is 4.79 Å². The van der Waals surface area contributed by atoms with Crippen molar-refractivity contribution in [3.05, 3.63) is 36.2 Å². The van der Waals surface area contributed by atoms with Crippen LogP contribution in [0.2, 0.25) is 0 Å². The average molecular weight is 259 g/mol. The molecule has 0 aliphatic rings. The summed E-state index contributed by atoms with van der Waals surface area (Å²) in [6.45, 7) is 0. The van der Waals surface area contributed by atoms with Crippen molar-refractivity contribution in [3.8, 4) is 0 Å². The first-order valence-corrected chi connectivity index (χ1v) is 6.00. The van der Waals surface area contributed by atoms with Gasteiger partial charge in [-0.05, 0) is 18.2 Å².